The Labute approximate surface area is 138 Å². The summed E-state index contributed by atoms with van der Waals surface area (Å²) in [4.78, 5) is 23.0. The summed E-state index contributed by atoms with van der Waals surface area (Å²) in [6, 6.07) is 7.67. The highest BCUT2D eigenvalue weighted by Crippen LogP contribution is 2.10. The second-order valence-electron chi connectivity index (χ2n) is 6.18. The molecule has 0 unspecified atom stereocenters. The first kappa shape index (κ1) is 18.8. The molecule has 0 aromatic heterocycles. The standard InChI is InChI=1S/C17H27N3O3/c1-5-18-15(21)12-13-6-8-14(9-7-13)19-10-11-20-16(22)23-17(2,3)4/h6-9,19H,5,10-12H2,1-4H3,(H,18,21)(H,20,22). The molecule has 0 radical (unpaired) electrons. The number of amides is 2. The Bertz CT molecular complexity index is 507. The number of ether oxygens (including phenoxy) is 1. The van der Waals surface area contributed by atoms with Gasteiger partial charge in [-0.1, -0.05) is 12.1 Å². The minimum Gasteiger partial charge on any atom is -0.444 e. The highest BCUT2D eigenvalue weighted by Gasteiger charge is 2.15. The van der Waals surface area contributed by atoms with Crippen LogP contribution in [0.3, 0.4) is 0 Å². The van der Waals surface area contributed by atoms with E-state index in [1.54, 1.807) is 0 Å². The monoisotopic (exact) mass is 321 g/mol. The summed E-state index contributed by atoms with van der Waals surface area (Å²) in [6.45, 7) is 9.08. The summed E-state index contributed by atoms with van der Waals surface area (Å²) in [5.74, 6) is 0.0229. The van der Waals surface area contributed by atoms with Crippen LogP contribution in [0.5, 0.6) is 0 Å². The summed E-state index contributed by atoms with van der Waals surface area (Å²) in [5, 5.41) is 8.65. The number of carbonyl (C=O) groups excluding carboxylic acids is 2. The lowest BCUT2D eigenvalue weighted by Crippen LogP contribution is -2.34. The van der Waals surface area contributed by atoms with Crippen LogP contribution >= 0.6 is 0 Å². The first-order valence-corrected chi connectivity index (χ1v) is 7.86. The second kappa shape index (κ2) is 9.02. The number of hydrogen-bond donors (Lipinski definition) is 3. The van der Waals surface area contributed by atoms with Crippen molar-refractivity contribution in [1.82, 2.24) is 10.6 Å². The molecule has 6 nitrogen and oxygen atoms in total. The van der Waals surface area contributed by atoms with E-state index >= 15 is 0 Å². The van der Waals surface area contributed by atoms with Crippen molar-refractivity contribution in [3.63, 3.8) is 0 Å². The Morgan fingerprint density at radius 2 is 1.70 bits per heavy atom. The van der Waals surface area contributed by atoms with E-state index < -0.39 is 11.7 Å². The van der Waals surface area contributed by atoms with Crippen LogP contribution in [0.25, 0.3) is 0 Å². The topological polar surface area (TPSA) is 79.5 Å². The molecule has 2 amide bonds. The van der Waals surface area contributed by atoms with Crippen LogP contribution in [0.4, 0.5) is 10.5 Å². The first-order chi connectivity index (χ1) is 10.8. The van der Waals surface area contributed by atoms with Crippen molar-refractivity contribution in [3.05, 3.63) is 29.8 Å². The van der Waals surface area contributed by atoms with Crippen molar-refractivity contribution in [2.24, 2.45) is 0 Å². The van der Waals surface area contributed by atoms with Gasteiger partial charge in [-0.05, 0) is 45.4 Å². The molecule has 0 atom stereocenters. The molecule has 0 saturated heterocycles. The van der Waals surface area contributed by atoms with E-state index in [9.17, 15) is 9.59 Å². The minimum absolute atomic E-state index is 0.0229. The fourth-order valence-corrected chi connectivity index (χ4v) is 1.87. The van der Waals surface area contributed by atoms with E-state index in [0.717, 1.165) is 11.3 Å². The van der Waals surface area contributed by atoms with Gasteiger partial charge in [0.2, 0.25) is 5.91 Å². The molecule has 0 fully saturated rings. The fraction of sp³-hybridized carbons (Fsp3) is 0.529. The molecule has 0 aliphatic heterocycles. The van der Waals surface area contributed by atoms with Gasteiger partial charge in [-0.3, -0.25) is 4.79 Å². The average Bonchev–Trinajstić information content (AvgIpc) is 2.43. The second-order valence-corrected chi connectivity index (χ2v) is 6.18. The number of anilines is 1. The average molecular weight is 321 g/mol. The third kappa shape index (κ3) is 8.70. The van der Waals surface area contributed by atoms with E-state index in [0.29, 0.717) is 26.1 Å². The van der Waals surface area contributed by atoms with E-state index in [-0.39, 0.29) is 5.91 Å². The number of likely N-dealkylation sites (N-methyl/N-ethyl adjacent to an activating group) is 1. The summed E-state index contributed by atoms with van der Waals surface area (Å²) < 4.78 is 5.15. The lowest BCUT2D eigenvalue weighted by Gasteiger charge is -2.19. The first-order valence-electron chi connectivity index (χ1n) is 7.86. The van der Waals surface area contributed by atoms with E-state index in [2.05, 4.69) is 16.0 Å². The molecule has 0 spiro atoms. The number of benzene rings is 1. The zero-order chi connectivity index (χ0) is 17.3. The largest absolute Gasteiger partial charge is 0.444 e. The Kier molecular flexibility index (Phi) is 7.38. The molecular formula is C17H27N3O3. The third-order valence-corrected chi connectivity index (χ3v) is 2.81. The van der Waals surface area contributed by atoms with Crippen molar-refractivity contribution in [3.8, 4) is 0 Å². The molecule has 1 aromatic rings. The van der Waals surface area contributed by atoms with Gasteiger partial charge in [-0.25, -0.2) is 4.79 Å². The Morgan fingerprint density at radius 1 is 1.04 bits per heavy atom. The number of alkyl carbamates (subject to hydrolysis) is 1. The van der Waals surface area contributed by atoms with Crippen LogP contribution in [-0.4, -0.2) is 37.2 Å². The summed E-state index contributed by atoms with van der Waals surface area (Å²) in [5.41, 5.74) is 1.42. The van der Waals surface area contributed by atoms with E-state index in [1.165, 1.54) is 0 Å². The molecule has 0 heterocycles. The maximum Gasteiger partial charge on any atom is 0.407 e. The molecule has 0 bridgehead atoms. The van der Waals surface area contributed by atoms with Crippen LogP contribution in [0.2, 0.25) is 0 Å². The molecule has 1 rings (SSSR count). The van der Waals surface area contributed by atoms with E-state index in [1.807, 2.05) is 52.0 Å². The fourth-order valence-electron chi connectivity index (χ4n) is 1.87. The molecule has 0 aliphatic rings. The molecule has 1 aromatic carbocycles. The Balaban J connectivity index is 2.28. The number of nitrogens with one attached hydrogen (secondary N) is 3. The summed E-state index contributed by atoms with van der Waals surface area (Å²) in [6.07, 6.45) is -0.0366. The quantitative estimate of drug-likeness (QED) is 0.673. The van der Waals surface area contributed by atoms with Crippen molar-refractivity contribution < 1.29 is 14.3 Å². The highest BCUT2D eigenvalue weighted by molar-refractivity contribution is 5.78. The third-order valence-electron chi connectivity index (χ3n) is 2.81. The predicted molar refractivity (Wildman–Crippen MR) is 91.6 cm³/mol. The maximum atomic E-state index is 11.5. The smallest absolute Gasteiger partial charge is 0.407 e. The lowest BCUT2D eigenvalue weighted by atomic mass is 10.1. The highest BCUT2D eigenvalue weighted by atomic mass is 16.6. The predicted octanol–water partition coefficient (Wildman–Crippen LogP) is 2.30. The number of carbonyl (C=O) groups is 2. The zero-order valence-corrected chi connectivity index (χ0v) is 14.4. The van der Waals surface area contributed by atoms with Crippen molar-refractivity contribution in [1.29, 1.82) is 0 Å². The van der Waals surface area contributed by atoms with Gasteiger partial charge in [0.15, 0.2) is 0 Å². The molecule has 6 heteroatoms. The molecular weight excluding hydrogens is 294 g/mol. The van der Waals surface area contributed by atoms with Gasteiger partial charge >= 0.3 is 6.09 Å². The van der Waals surface area contributed by atoms with Crippen molar-refractivity contribution in [2.75, 3.05) is 25.0 Å². The molecule has 3 N–H and O–H groups in total. The van der Waals surface area contributed by atoms with Crippen LogP contribution in [0.1, 0.15) is 33.3 Å². The zero-order valence-electron chi connectivity index (χ0n) is 14.4. The number of rotatable bonds is 7. The van der Waals surface area contributed by atoms with Gasteiger partial charge in [0.25, 0.3) is 0 Å². The van der Waals surface area contributed by atoms with Crippen LogP contribution in [-0.2, 0) is 16.0 Å². The number of hydrogen-bond acceptors (Lipinski definition) is 4. The molecule has 128 valence electrons. The summed E-state index contributed by atoms with van der Waals surface area (Å²) >= 11 is 0. The Morgan fingerprint density at radius 3 is 2.26 bits per heavy atom. The SMILES string of the molecule is CCNC(=O)Cc1ccc(NCCNC(=O)OC(C)(C)C)cc1. The van der Waals surface area contributed by atoms with Gasteiger partial charge in [-0.15, -0.1) is 0 Å². The Hall–Kier alpha value is -2.24. The van der Waals surface area contributed by atoms with Crippen LogP contribution in [0.15, 0.2) is 24.3 Å². The molecule has 23 heavy (non-hydrogen) atoms. The lowest BCUT2D eigenvalue weighted by molar-refractivity contribution is -0.120. The summed E-state index contributed by atoms with van der Waals surface area (Å²) in [7, 11) is 0. The van der Waals surface area contributed by atoms with Crippen LogP contribution in [0, 0.1) is 0 Å². The van der Waals surface area contributed by atoms with Crippen LogP contribution < -0.4 is 16.0 Å². The normalized spacial score (nSPS) is 10.8. The van der Waals surface area contributed by atoms with Gasteiger partial charge in [0.05, 0.1) is 6.42 Å². The molecule has 0 saturated carbocycles. The van der Waals surface area contributed by atoms with Gasteiger partial charge < -0.3 is 20.7 Å². The van der Waals surface area contributed by atoms with Crippen molar-refractivity contribution in [2.45, 2.75) is 39.7 Å². The van der Waals surface area contributed by atoms with Gasteiger partial charge in [0, 0.05) is 25.3 Å². The van der Waals surface area contributed by atoms with Crippen molar-refractivity contribution >= 4 is 17.7 Å². The van der Waals surface area contributed by atoms with E-state index in [4.69, 9.17) is 4.74 Å². The maximum absolute atomic E-state index is 11.5. The molecule has 0 aliphatic carbocycles. The van der Waals surface area contributed by atoms with Gasteiger partial charge in [-0.2, -0.15) is 0 Å². The minimum atomic E-state index is -0.489. The van der Waals surface area contributed by atoms with Gasteiger partial charge in [0.1, 0.15) is 5.60 Å².